The number of ether oxygens (including phenoxy) is 1. The van der Waals surface area contributed by atoms with Crippen LogP contribution in [-0.2, 0) is 4.79 Å². The van der Waals surface area contributed by atoms with Crippen molar-refractivity contribution < 1.29 is 14.5 Å². The van der Waals surface area contributed by atoms with Gasteiger partial charge in [0.15, 0.2) is 0 Å². The summed E-state index contributed by atoms with van der Waals surface area (Å²) in [5, 5.41) is 16.7. The summed E-state index contributed by atoms with van der Waals surface area (Å²) in [6, 6.07) is 10.9. The third-order valence-corrected chi connectivity index (χ3v) is 3.31. The van der Waals surface area contributed by atoms with Gasteiger partial charge in [-0.15, -0.1) is 0 Å². The molecule has 0 bridgehead atoms. The quantitative estimate of drug-likeness (QED) is 0.624. The van der Waals surface area contributed by atoms with E-state index in [1.54, 1.807) is 24.3 Å². The van der Waals surface area contributed by atoms with Crippen molar-refractivity contribution in [3.05, 3.63) is 57.6 Å². The number of amides is 1. The van der Waals surface area contributed by atoms with Crippen molar-refractivity contribution in [3.8, 4) is 5.75 Å². The molecule has 0 atom stereocenters. The van der Waals surface area contributed by atoms with Gasteiger partial charge in [0.1, 0.15) is 5.75 Å². The van der Waals surface area contributed by atoms with E-state index in [1.807, 2.05) is 0 Å². The van der Waals surface area contributed by atoms with Gasteiger partial charge in [0.25, 0.3) is 5.69 Å². The van der Waals surface area contributed by atoms with Gasteiger partial charge in [0, 0.05) is 12.1 Å². The molecule has 1 amide bonds. The van der Waals surface area contributed by atoms with Crippen molar-refractivity contribution in [3.63, 3.8) is 0 Å². The summed E-state index contributed by atoms with van der Waals surface area (Å²) >= 11 is 5.96. The van der Waals surface area contributed by atoms with Crippen molar-refractivity contribution in [2.45, 2.75) is 0 Å². The van der Waals surface area contributed by atoms with Gasteiger partial charge in [-0.2, -0.15) is 0 Å². The molecule has 23 heavy (non-hydrogen) atoms. The van der Waals surface area contributed by atoms with E-state index in [0.717, 1.165) is 0 Å². The fraction of sp³-hybridized carbons (Fsp3) is 0.133. The molecule has 0 radical (unpaired) electrons. The minimum Gasteiger partial charge on any atom is -0.495 e. The predicted octanol–water partition coefficient (Wildman–Crippen LogP) is 3.31. The van der Waals surface area contributed by atoms with Crippen molar-refractivity contribution in [2.24, 2.45) is 0 Å². The number of nitro groups is 1. The predicted molar refractivity (Wildman–Crippen MR) is 88.2 cm³/mol. The number of anilines is 2. The lowest BCUT2D eigenvalue weighted by atomic mass is 10.2. The first-order valence-electron chi connectivity index (χ1n) is 6.62. The Bertz CT molecular complexity index is 736. The zero-order valence-corrected chi connectivity index (χ0v) is 13.0. The van der Waals surface area contributed by atoms with E-state index in [-0.39, 0.29) is 18.1 Å². The lowest BCUT2D eigenvalue weighted by Gasteiger charge is -2.11. The highest BCUT2D eigenvalue weighted by Crippen LogP contribution is 2.28. The van der Waals surface area contributed by atoms with Crippen molar-refractivity contribution in [1.82, 2.24) is 0 Å². The number of hydrogen-bond acceptors (Lipinski definition) is 5. The average molecular weight is 336 g/mol. The van der Waals surface area contributed by atoms with Crippen molar-refractivity contribution in [1.29, 1.82) is 0 Å². The van der Waals surface area contributed by atoms with Crippen LogP contribution in [-0.4, -0.2) is 24.5 Å². The number of rotatable bonds is 6. The molecule has 120 valence electrons. The molecule has 7 nitrogen and oxygen atoms in total. The first-order valence-corrected chi connectivity index (χ1v) is 6.99. The topological polar surface area (TPSA) is 93.5 Å². The summed E-state index contributed by atoms with van der Waals surface area (Å²) in [6.45, 7) is -0.0945. The summed E-state index contributed by atoms with van der Waals surface area (Å²) in [6.07, 6.45) is 0. The fourth-order valence-electron chi connectivity index (χ4n) is 1.88. The van der Waals surface area contributed by atoms with E-state index >= 15 is 0 Å². The summed E-state index contributed by atoms with van der Waals surface area (Å²) in [5.74, 6) is 0.0628. The normalized spacial score (nSPS) is 10.0. The number of halogens is 1. The Morgan fingerprint density at radius 1 is 1.26 bits per heavy atom. The fourth-order valence-corrected chi connectivity index (χ4v) is 2.06. The second kappa shape index (κ2) is 7.46. The molecule has 2 rings (SSSR count). The van der Waals surface area contributed by atoms with Gasteiger partial charge in [0.2, 0.25) is 5.91 Å². The molecule has 0 fully saturated rings. The van der Waals surface area contributed by atoms with Crippen LogP contribution in [0.2, 0.25) is 5.02 Å². The number of para-hydroxylation sites is 1. The molecule has 2 N–H and O–H groups in total. The number of carbonyl (C=O) groups is 1. The molecule has 0 unspecified atom stereocenters. The Morgan fingerprint density at radius 2 is 2.00 bits per heavy atom. The number of methoxy groups -OCH3 is 1. The molecule has 0 aromatic heterocycles. The van der Waals surface area contributed by atoms with Gasteiger partial charge in [-0.1, -0.05) is 23.7 Å². The summed E-state index contributed by atoms with van der Waals surface area (Å²) < 4.78 is 5.11. The summed E-state index contributed by atoms with van der Waals surface area (Å²) in [5.41, 5.74) is 0.753. The maximum absolute atomic E-state index is 11.9. The van der Waals surface area contributed by atoms with Gasteiger partial charge in [-0.3, -0.25) is 14.9 Å². The zero-order chi connectivity index (χ0) is 16.8. The summed E-state index contributed by atoms with van der Waals surface area (Å²) in [7, 11) is 1.44. The van der Waals surface area contributed by atoms with Crippen molar-refractivity contribution in [2.75, 3.05) is 24.3 Å². The molecule has 2 aromatic rings. The van der Waals surface area contributed by atoms with Crippen LogP contribution in [0.15, 0.2) is 42.5 Å². The largest absolute Gasteiger partial charge is 0.495 e. The molecule has 0 aliphatic heterocycles. The van der Waals surface area contributed by atoms with E-state index in [4.69, 9.17) is 16.3 Å². The van der Waals surface area contributed by atoms with Gasteiger partial charge >= 0.3 is 0 Å². The second-order valence-corrected chi connectivity index (χ2v) is 4.93. The molecule has 0 saturated carbocycles. The van der Waals surface area contributed by atoms with E-state index in [1.165, 1.54) is 25.3 Å². The Kier molecular flexibility index (Phi) is 5.37. The highest BCUT2D eigenvalue weighted by Gasteiger charge is 2.12. The zero-order valence-electron chi connectivity index (χ0n) is 12.2. The first kappa shape index (κ1) is 16.6. The average Bonchev–Trinajstić information content (AvgIpc) is 2.54. The smallest absolute Gasteiger partial charge is 0.271 e. The Morgan fingerprint density at radius 3 is 2.65 bits per heavy atom. The minimum absolute atomic E-state index is 0.0945. The molecule has 0 spiro atoms. The highest BCUT2D eigenvalue weighted by atomic mass is 35.5. The second-order valence-electron chi connectivity index (χ2n) is 4.52. The van der Waals surface area contributed by atoms with Crippen LogP contribution in [0, 0.1) is 10.1 Å². The van der Waals surface area contributed by atoms with Crippen LogP contribution in [0.25, 0.3) is 0 Å². The van der Waals surface area contributed by atoms with Crippen LogP contribution in [0.3, 0.4) is 0 Å². The highest BCUT2D eigenvalue weighted by molar-refractivity contribution is 6.33. The van der Waals surface area contributed by atoms with Crippen LogP contribution in [0.5, 0.6) is 5.75 Å². The molecule has 0 heterocycles. The Labute approximate surface area is 137 Å². The van der Waals surface area contributed by atoms with Gasteiger partial charge in [-0.05, 0) is 18.2 Å². The molecule has 0 saturated heterocycles. The number of benzene rings is 2. The number of nitrogens with one attached hydrogen (secondary N) is 2. The maximum Gasteiger partial charge on any atom is 0.271 e. The number of hydrogen-bond donors (Lipinski definition) is 2. The van der Waals surface area contributed by atoms with Crippen LogP contribution >= 0.6 is 11.6 Å². The van der Waals surface area contributed by atoms with Crippen molar-refractivity contribution >= 4 is 34.6 Å². The van der Waals surface area contributed by atoms with Gasteiger partial charge in [0.05, 0.1) is 35.0 Å². The summed E-state index contributed by atoms with van der Waals surface area (Å²) in [4.78, 5) is 22.2. The van der Waals surface area contributed by atoms with Crippen LogP contribution in [0.4, 0.5) is 17.1 Å². The third kappa shape index (κ3) is 4.33. The molecule has 0 aliphatic rings. The SMILES string of the molecule is COc1ccc([N+](=O)[O-])cc1NCC(=O)Nc1ccccc1Cl. The number of carbonyl (C=O) groups excluding carboxylic acids is 1. The Balaban J connectivity index is 2.05. The molecular weight excluding hydrogens is 322 g/mol. The lowest BCUT2D eigenvalue weighted by Crippen LogP contribution is -2.22. The number of nitro benzene ring substituents is 1. The van der Waals surface area contributed by atoms with Gasteiger partial charge < -0.3 is 15.4 Å². The standard InChI is InChI=1S/C15H14ClN3O4/c1-23-14-7-6-10(19(21)22)8-13(14)17-9-15(20)18-12-5-3-2-4-11(12)16/h2-8,17H,9H2,1H3,(H,18,20). The maximum atomic E-state index is 11.9. The van der Waals surface area contributed by atoms with E-state index in [2.05, 4.69) is 10.6 Å². The third-order valence-electron chi connectivity index (χ3n) is 2.98. The number of non-ortho nitro benzene ring substituents is 1. The monoisotopic (exact) mass is 335 g/mol. The number of nitrogens with zero attached hydrogens (tertiary/aromatic N) is 1. The molecule has 2 aromatic carbocycles. The van der Waals surface area contributed by atoms with Crippen LogP contribution in [0.1, 0.15) is 0 Å². The van der Waals surface area contributed by atoms with Gasteiger partial charge in [-0.25, -0.2) is 0 Å². The van der Waals surface area contributed by atoms with Crippen LogP contribution < -0.4 is 15.4 Å². The van der Waals surface area contributed by atoms with E-state index < -0.39 is 4.92 Å². The van der Waals surface area contributed by atoms with E-state index in [0.29, 0.717) is 22.1 Å². The Hall–Kier alpha value is -2.80. The molecule has 0 aliphatic carbocycles. The minimum atomic E-state index is -0.519. The van der Waals surface area contributed by atoms with E-state index in [9.17, 15) is 14.9 Å². The molecular formula is C15H14ClN3O4. The first-order chi connectivity index (χ1) is 11.0. The molecule has 8 heteroatoms. The lowest BCUT2D eigenvalue weighted by molar-refractivity contribution is -0.384.